The number of amides is 1. The molecule has 0 fully saturated rings. The standard InChI is InChI=1S/C17H25NO3/c1-3-18(15-11-9-8-10-14(15)2)16(19)12-6-4-5-7-13-17(20)21/h8-11H,3-7,12-13H2,1-2H3,(H,20,21). The van der Waals surface area contributed by atoms with E-state index in [0.717, 1.165) is 30.5 Å². The Morgan fingerprint density at radius 1 is 1.05 bits per heavy atom. The molecule has 0 saturated carbocycles. The molecule has 1 rings (SSSR count). The van der Waals surface area contributed by atoms with Crippen LogP contribution in [0.4, 0.5) is 5.69 Å². The first-order valence-corrected chi connectivity index (χ1v) is 7.64. The maximum atomic E-state index is 12.3. The molecule has 1 N–H and O–H groups in total. The number of hydrogen-bond acceptors (Lipinski definition) is 2. The molecule has 116 valence electrons. The van der Waals surface area contributed by atoms with Crippen LogP contribution in [0.2, 0.25) is 0 Å². The van der Waals surface area contributed by atoms with Crippen molar-refractivity contribution < 1.29 is 14.7 Å². The number of unbranched alkanes of at least 4 members (excludes halogenated alkanes) is 3. The Balaban J connectivity index is 2.39. The topological polar surface area (TPSA) is 57.6 Å². The molecule has 0 spiro atoms. The summed E-state index contributed by atoms with van der Waals surface area (Å²) >= 11 is 0. The van der Waals surface area contributed by atoms with Gasteiger partial charge in [0, 0.05) is 25.1 Å². The molecule has 0 aliphatic heterocycles. The van der Waals surface area contributed by atoms with Gasteiger partial charge in [-0.2, -0.15) is 0 Å². The van der Waals surface area contributed by atoms with E-state index in [1.165, 1.54) is 0 Å². The quantitative estimate of drug-likeness (QED) is 0.704. The predicted molar refractivity (Wildman–Crippen MR) is 84.5 cm³/mol. The lowest BCUT2D eigenvalue weighted by atomic mass is 10.1. The van der Waals surface area contributed by atoms with E-state index >= 15 is 0 Å². The maximum absolute atomic E-state index is 12.3. The summed E-state index contributed by atoms with van der Waals surface area (Å²) in [5.41, 5.74) is 2.09. The summed E-state index contributed by atoms with van der Waals surface area (Å²) < 4.78 is 0. The van der Waals surface area contributed by atoms with Crippen molar-refractivity contribution in [3.63, 3.8) is 0 Å². The third-order valence-corrected chi connectivity index (χ3v) is 3.55. The lowest BCUT2D eigenvalue weighted by Gasteiger charge is -2.23. The number of hydrogen-bond donors (Lipinski definition) is 1. The summed E-state index contributed by atoms with van der Waals surface area (Å²) in [5, 5.41) is 8.55. The van der Waals surface area contributed by atoms with Gasteiger partial charge in [0.15, 0.2) is 0 Å². The van der Waals surface area contributed by atoms with Crippen LogP contribution in [0.3, 0.4) is 0 Å². The molecule has 0 heterocycles. The average molecular weight is 291 g/mol. The van der Waals surface area contributed by atoms with Gasteiger partial charge in [0.1, 0.15) is 0 Å². The van der Waals surface area contributed by atoms with Gasteiger partial charge in [-0.05, 0) is 38.3 Å². The number of aryl methyl sites for hydroxylation is 1. The minimum absolute atomic E-state index is 0.144. The third-order valence-electron chi connectivity index (χ3n) is 3.55. The summed E-state index contributed by atoms with van der Waals surface area (Å²) in [7, 11) is 0. The van der Waals surface area contributed by atoms with Crippen molar-refractivity contribution in [2.45, 2.75) is 52.4 Å². The van der Waals surface area contributed by atoms with Gasteiger partial charge in [0.05, 0.1) is 0 Å². The Morgan fingerprint density at radius 3 is 2.24 bits per heavy atom. The monoisotopic (exact) mass is 291 g/mol. The van der Waals surface area contributed by atoms with Crippen LogP contribution in [0.5, 0.6) is 0 Å². The van der Waals surface area contributed by atoms with Crippen LogP contribution >= 0.6 is 0 Å². The number of carbonyl (C=O) groups is 2. The number of benzene rings is 1. The Hall–Kier alpha value is -1.84. The second kappa shape index (κ2) is 9.16. The molecule has 0 saturated heterocycles. The lowest BCUT2D eigenvalue weighted by Crippen LogP contribution is -2.30. The Morgan fingerprint density at radius 2 is 1.67 bits per heavy atom. The van der Waals surface area contributed by atoms with Gasteiger partial charge in [0.25, 0.3) is 0 Å². The minimum atomic E-state index is -0.747. The Kier molecular flexibility index (Phi) is 7.51. The molecule has 1 aromatic carbocycles. The number of carboxylic acid groups (broad SMARTS) is 1. The zero-order valence-electron chi connectivity index (χ0n) is 13.0. The molecule has 1 aromatic rings. The van der Waals surface area contributed by atoms with Crippen LogP contribution in [0.1, 0.15) is 51.0 Å². The van der Waals surface area contributed by atoms with Gasteiger partial charge in [0.2, 0.25) is 5.91 Å². The molecule has 0 aromatic heterocycles. The smallest absolute Gasteiger partial charge is 0.303 e. The van der Waals surface area contributed by atoms with E-state index in [1.54, 1.807) is 0 Å². The molecule has 0 atom stereocenters. The van der Waals surface area contributed by atoms with Gasteiger partial charge < -0.3 is 10.0 Å². The van der Waals surface area contributed by atoms with Crippen molar-refractivity contribution in [2.24, 2.45) is 0 Å². The molecule has 0 aliphatic carbocycles. The van der Waals surface area contributed by atoms with E-state index in [0.29, 0.717) is 19.4 Å². The van der Waals surface area contributed by atoms with Gasteiger partial charge >= 0.3 is 5.97 Å². The largest absolute Gasteiger partial charge is 0.481 e. The first kappa shape index (κ1) is 17.2. The van der Waals surface area contributed by atoms with Crippen molar-refractivity contribution in [3.05, 3.63) is 29.8 Å². The van der Waals surface area contributed by atoms with Gasteiger partial charge in [-0.3, -0.25) is 9.59 Å². The minimum Gasteiger partial charge on any atom is -0.481 e. The number of rotatable bonds is 9. The normalized spacial score (nSPS) is 10.4. The number of nitrogens with zero attached hydrogens (tertiary/aromatic N) is 1. The fourth-order valence-electron chi connectivity index (χ4n) is 2.39. The molecule has 0 radical (unpaired) electrons. The fourth-order valence-corrected chi connectivity index (χ4v) is 2.39. The molecular formula is C17H25NO3. The van der Waals surface area contributed by atoms with Crippen LogP contribution < -0.4 is 4.90 Å². The summed E-state index contributed by atoms with van der Waals surface area (Å²) in [6.07, 6.45) is 4.04. The SMILES string of the molecule is CCN(C(=O)CCCCCCC(=O)O)c1ccccc1C. The maximum Gasteiger partial charge on any atom is 0.303 e. The molecule has 4 heteroatoms. The van der Waals surface area contributed by atoms with Gasteiger partial charge in [-0.25, -0.2) is 0 Å². The van der Waals surface area contributed by atoms with E-state index in [4.69, 9.17) is 5.11 Å². The Bertz CT molecular complexity index is 471. The highest BCUT2D eigenvalue weighted by Crippen LogP contribution is 2.20. The second-order valence-corrected chi connectivity index (χ2v) is 5.23. The third kappa shape index (κ3) is 5.98. The summed E-state index contributed by atoms with van der Waals surface area (Å²) in [6, 6.07) is 7.91. The van der Waals surface area contributed by atoms with Crippen LogP contribution in [0, 0.1) is 6.92 Å². The number of para-hydroxylation sites is 1. The van der Waals surface area contributed by atoms with E-state index in [-0.39, 0.29) is 12.3 Å². The number of aliphatic carboxylic acids is 1. The van der Waals surface area contributed by atoms with E-state index in [2.05, 4.69) is 0 Å². The van der Waals surface area contributed by atoms with Gasteiger partial charge in [-0.1, -0.05) is 31.0 Å². The number of anilines is 1. The van der Waals surface area contributed by atoms with Crippen LogP contribution in [-0.4, -0.2) is 23.5 Å². The van der Waals surface area contributed by atoms with Crippen molar-refractivity contribution in [3.8, 4) is 0 Å². The first-order valence-electron chi connectivity index (χ1n) is 7.64. The molecule has 0 aliphatic rings. The van der Waals surface area contributed by atoms with E-state index in [9.17, 15) is 9.59 Å². The highest BCUT2D eigenvalue weighted by molar-refractivity contribution is 5.93. The second-order valence-electron chi connectivity index (χ2n) is 5.23. The van der Waals surface area contributed by atoms with Crippen LogP contribution in [-0.2, 0) is 9.59 Å². The van der Waals surface area contributed by atoms with Crippen molar-refractivity contribution >= 4 is 17.6 Å². The average Bonchev–Trinajstić information content (AvgIpc) is 2.45. The van der Waals surface area contributed by atoms with E-state index in [1.807, 2.05) is 43.0 Å². The highest BCUT2D eigenvalue weighted by atomic mass is 16.4. The van der Waals surface area contributed by atoms with E-state index < -0.39 is 5.97 Å². The van der Waals surface area contributed by atoms with Crippen molar-refractivity contribution in [1.29, 1.82) is 0 Å². The molecule has 1 amide bonds. The molecular weight excluding hydrogens is 266 g/mol. The predicted octanol–water partition coefficient (Wildman–Crippen LogP) is 3.77. The Labute approximate surface area is 126 Å². The molecule has 21 heavy (non-hydrogen) atoms. The molecule has 0 unspecified atom stereocenters. The molecule has 0 bridgehead atoms. The summed E-state index contributed by atoms with van der Waals surface area (Å²) in [6.45, 7) is 4.66. The zero-order valence-corrected chi connectivity index (χ0v) is 13.0. The van der Waals surface area contributed by atoms with Crippen LogP contribution in [0.15, 0.2) is 24.3 Å². The van der Waals surface area contributed by atoms with Crippen molar-refractivity contribution in [2.75, 3.05) is 11.4 Å². The van der Waals surface area contributed by atoms with Gasteiger partial charge in [-0.15, -0.1) is 0 Å². The fraction of sp³-hybridized carbons (Fsp3) is 0.529. The highest BCUT2D eigenvalue weighted by Gasteiger charge is 2.14. The summed E-state index contributed by atoms with van der Waals surface area (Å²) in [4.78, 5) is 24.5. The lowest BCUT2D eigenvalue weighted by molar-refractivity contribution is -0.137. The number of carboxylic acids is 1. The first-order chi connectivity index (χ1) is 10.1. The zero-order chi connectivity index (χ0) is 15.7. The van der Waals surface area contributed by atoms with Crippen LogP contribution in [0.25, 0.3) is 0 Å². The summed E-state index contributed by atoms with van der Waals surface area (Å²) in [5.74, 6) is -0.604. The number of carbonyl (C=O) groups excluding carboxylic acids is 1. The van der Waals surface area contributed by atoms with Crippen molar-refractivity contribution in [1.82, 2.24) is 0 Å². The molecule has 4 nitrogen and oxygen atoms in total.